The van der Waals surface area contributed by atoms with Gasteiger partial charge in [0.15, 0.2) is 0 Å². The molecule has 0 saturated heterocycles. The molecular formula is C20H22N2O. The van der Waals surface area contributed by atoms with E-state index in [1.165, 1.54) is 27.7 Å². The minimum atomic E-state index is 0.108. The first-order valence-corrected chi connectivity index (χ1v) is 8.13. The molecule has 3 unspecified atom stereocenters. The molecule has 0 radical (unpaired) electrons. The van der Waals surface area contributed by atoms with Gasteiger partial charge in [-0.15, -0.1) is 0 Å². The summed E-state index contributed by atoms with van der Waals surface area (Å²) in [4.78, 5) is 0. The third-order valence-electron chi connectivity index (χ3n) is 5.10. The van der Waals surface area contributed by atoms with E-state index in [-0.39, 0.29) is 12.1 Å². The molecule has 118 valence electrons. The zero-order valence-corrected chi connectivity index (χ0v) is 13.8. The topological polar surface area (TPSA) is 26.2 Å². The Morgan fingerprint density at radius 1 is 1.00 bits per heavy atom. The van der Waals surface area contributed by atoms with Gasteiger partial charge in [-0.05, 0) is 12.1 Å². The van der Waals surface area contributed by atoms with E-state index in [9.17, 15) is 0 Å². The lowest BCUT2D eigenvalue weighted by molar-refractivity contribution is 0.0464. The normalized spacial score (nSPS) is 23.5. The number of hydrogen-bond donors (Lipinski definition) is 1. The van der Waals surface area contributed by atoms with Crippen LogP contribution in [0.3, 0.4) is 0 Å². The second-order valence-electron chi connectivity index (χ2n) is 6.44. The van der Waals surface area contributed by atoms with E-state index in [2.05, 4.69) is 78.6 Å². The standard InChI is InChI=1S/C20H22N2O/c1-13-19(16-12-22(2)18-11-7-5-8-14(16)18)21-17-10-6-4-9-15(17)20(13)23-3/h4-13,19-21H,1-3H3. The molecule has 3 atom stereocenters. The van der Waals surface area contributed by atoms with Gasteiger partial charge in [0.2, 0.25) is 0 Å². The highest BCUT2D eigenvalue weighted by Crippen LogP contribution is 2.46. The molecule has 0 fully saturated rings. The molecule has 0 spiro atoms. The van der Waals surface area contributed by atoms with Crippen LogP contribution in [0.4, 0.5) is 5.69 Å². The lowest BCUT2D eigenvalue weighted by Gasteiger charge is -2.38. The fraction of sp³-hybridized carbons (Fsp3) is 0.300. The van der Waals surface area contributed by atoms with Crippen molar-refractivity contribution in [3.05, 3.63) is 65.9 Å². The van der Waals surface area contributed by atoms with Gasteiger partial charge in [-0.25, -0.2) is 0 Å². The van der Waals surface area contributed by atoms with Crippen LogP contribution in [0.15, 0.2) is 54.7 Å². The number of anilines is 1. The third kappa shape index (κ3) is 2.15. The van der Waals surface area contributed by atoms with E-state index in [0.29, 0.717) is 5.92 Å². The van der Waals surface area contributed by atoms with Gasteiger partial charge in [-0.1, -0.05) is 43.3 Å². The fourth-order valence-electron chi connectivity index (χ4n) is 3.96. The third-order valence-corrected chi connectivity index (χ3v) is 5.10. The van der Waals surface area contributed by atoms with Crippen molar-refractivity contribution in [3.63, 3.8) is 0 Å². The lowest BCUT2D eigenvalue weighted by atomic mass is 9.82. The minimum Gasteiger partial charge on any atom is -0.377 e. The number of methoxy groups -OCH3 is 1. The maximum atomic E-state index is 5.85. The summed E-state index contributed by atoms with van der Waals surface area (Å²) in [5.74, 6) is 0.348. The molecular weight excluding hydrogens is 284 g/mol. The fourth-order valence-corrected chi connectivity index (χ4v) is 3.96. The number of fused-ring (bicyclic) bond motifs is 2. The Hall–Kier alpha value is -2.26. The molecule has 2 aromatic carbocycles. The van der Waals surface area contributed by atoms with Crippen molar-refractivity contribution < 1.29 is 4.74 Å². The Balaban J connectivity index is 1.86. The van der Waals surface area contributed by atoms with Gasteiger partial charge >= 0.3 is 0 Å². The Bertz CT molecular complexity index is 852. The average molecular weight is 306 g/mol. The van der Waals surface area contributed by atoms with E-state index in [1.807, 2.05) is 7.11 Å². The summed E-state index contributed by atoms with van der Waals surface area (Å²) >= 11 is 0. The predicted molar refractivity (Wildman–Crippen MR) is 94.6 cm³/mol. The molecule has 1 aliphatic heterocycles. The highest BCUT2D eigenvalue weighted by molar-refractivity contribution is 5.85. The highest BCUT2D eigenvalue weighted by Gasteiger charge is 2.35. The molecule has 3 heteroatoms. The van der Waals surface area contributed by atoms with Gasteiger partial charge < -0.3 is 14.6 Å². The van der Waals surface area contributed by atoms with Gasteiger partial charge in [0, 0.05) is 54.0 Å². The average Bonchev–Trinajstić information content (AvgIpc) is 2.92. The van der Waals surface area contributed by atoms with Crippen LogP contribution in [0, 0.1) is 5.92 Å². The van der Waals surface area contributed by atoms with E-state index >= 15 is 0 Å². The molecule has 3 nitrogen and oxygen atoms in total. The smallest absolute Gasteiger partial charge is 0.0889 e. The van der Waals surface area contributed by atoms with Gasteiger partial charge in [0.25, 0.3) is 0 Å². The summed E-state index contributed by atoms with van der Waals surface area (Å²) in [5, 5.41) is 5.05. The first kappa shape index (κ1) is 14.3. The van der Waals surface area contributed by atoms with Crippen LogP contribution in [-0.2, 0) is 11.8 Å². The van der Waals surface area contributed by atoms with Crippen LogP contribution < -0.4 is 5.32 Å². The predicted octanol–water partition coefficient (Wildman–Crippen LogP) is 4.67. The van der Waals surface area contributed by atoms with E-state index in [1.54, 1.807) is 0 Å². The Morgan fingerprint density at radius 2 is 1.74 bits per heavy atom. The zero-order valence-electron chi connectivity index (χ0n) is 13.8. The van der Waals surface area contributed by atoms with Gasteiger partial charge in [0.1, 0.15) is 0 Å². The Labute approximate surface area is 136 Å². The first-order valence-electron chi connectivity index (χ1n) is 8.13. The van der Waals surface area contributed by atoms with E-state index in [0.717, 1.165) is 0 Å². The number of para-hydroxylation sites is 2. The maximum absolute atomic E-state index is 5.85. The summed E-state index contributed by atoms with van der Waals surface area (Å²) in [6, 6.07) is 17.3. The largest absolute Gasteiger partial charge is 0.377 e. The molecule has 2 heterocycles. The zero-order chi connectivity index (χ0) is 16.0. The number of nitrogens with zero attached hydrogens (tertiary/aromatic N) is 1. The molecule has 3 aromatic rings. The summed E-state index contributed by atoms with van der Waals surface area (Å²) in [6.45, 7) is 2.27. The van der Waals surface area contributed by atoms with Crippen molar-refractivity contribution in [1.29, 1.82) is 0 Å². The molecule has 0 amide bonds. The number of aromatic nitrogens is 1. The minimum absolute atomic E-state index is 0.108. The second kappa shape index (κ2) is 5.43. The number of ether oxygens (including phenoxy) is 1. The molecule has 23 heavy (non-hydrogen) atoms. The van der Waals surface area contributed by atoms with Crippen LogP contribution in [0.2, 0.25) is 0 Å². The van der Waals surface area contributed by atoms with Crippen molar-refractivity contribution >= 4 is 16.6 Å². The van der Waals surface area contributed by atoms with Crippen molar-refractivity contribution in [2.24, 2.45) is 13.0 Å². The summed E-state index contributed by atoms with van der Waals surface area (Å²) < 4.78 is 8.06. The number of aryl methyl sites for hydroxylation is 1. The SMILES string of the molecule is COC1c2ccccc2NC(c2cn(C)c3ccccc23)C1C. The lowest BCUT2D eigenvalue weighted by Crippen LogP contribution is -2.30. The summed E-state index contributed by atoms with van der Waals surface area (Å²) in [6.07, 6.45) is 2.36. The monoisotopic (exact) mass is 306 g/mol. The second-order valence-corrected chi connectivity index (χ2v) is 6.44. The number of benzene rings is 2. The van der Waals surface area contributed by atoms with Crippen LogP contribution in [0.25, 0.3) is 10.9 Å². The van der Waals surface area contributed by atoms with E-state index in [4.69, 9.17) is 4.74 Å². The van der Waals surface area contributed by atoms with Crippen molar-refractivity contribution in [2.45, 2.75) is 19.1 Å². The molecule has 1 aromatic heterocycles. The number of nitrogens with one attached hydrogen (secondary N) is 1. The van der Waals surface area contributed by atoms with Crippen LogP contribution >= 0.6 is 0 Å². The molecule has 0 aliphatic carbocycles. The van der Waals surface area contributed by atoms with E-state index < -0.39 is 0 Å². The van der Waals surface area contributed by atoms with Crippen LogP contribution in [0.5, 0.6) is 0 Å². The molecule has 1 aliphatic rings. The molecule has 4 rings (SSSR count). The van der Waals surface area contributed by atoms with Crippen molar-refractivity contribution in [2.75, 3.05) is 12.4 Å². The Kier molecular flexibility index (Phi) is 3.38. The van der Waals surface area contributed by atoms with Crippen molar-refractivity contribution in [1.82, 2.24) is 4.57 Å². The maximum Gasteiger partial charge on any atom is 0.0889 e. The number of hydrogen-bond acceptors (Lipinski definition) is 2. The number of rotatable bonds is 2. The molecule has 0 saturated carbocycles. The summed E-state index contributed by atoms with van der Waals surface area (Å²) in [5.41, 5.74) is 5.03. The van der Waals surface area contributed by atoms with Crippen LogP contribution in [-0.4, -0.2) is 11.7 Å². The highest BCUT2D eigenvalue weighted by atomic mass is 16.5. The van der Waals surface area contributed by atoms with Gasteiger partial charge in [-0.3, -0.25) is 0 Å². The summed E-state index contributed by atoms with van der Waals surface area (Å²) in [7, 11) is 3.92. The Morgan fingerprint density at radius 3 is 2.57 bits per heavy atom. The van der Waals surface area contributed by atoms with Gasteiger partial charge in [-0.2, -0.15) is 0 Å². The van der Waals surface area contributed by atoms with Crippen molar-refractivity contribution in [3.8, 4) is 0 Å². The van der Waals surface area contributed by atoms with Crippen LogP contribution in [0.1, 0.15) is 30.2 Å². The molecule has 0 bridgehead atoms. The molecule has 1 N–H and O–H groups in total. The quantitative estimate of drug-likeness (QED) is 0.744. The first-order chi connectivity index (χ1) is 11.2. The van der Waals surface area contributed by atoms with Gasteiger partial charge in [0.05, 0.1) is 12.1 Å².